The number of nitrogens with two attached hydrogens (primary N) is 1. The maximum atomic E-state index is 11.8. The van der Waals surface area contributed by atoms with Gasteiger partial charge in [-0.1, -0.05) is 13.8 Å². The quantitative estimate of drug-likeness (QED) is 0.654. The van der Waals surface area contributed by atoms with E-state index in [9.17, 15) is 4.79 Å². The molecule has 82 valence electrons. The lowest BCUT2D eigenvalue weighted by molar-refractivity contribution is -0.134. The fraction of sp³-hybridized carbons (Fsp3) is 0.900. The van der Waals surface area contributed by atoms with E-state index in [1.54, 1.807) is 4.90 Å². The van der Waals surface area contributed by atoms with Gasteiger partial charge in [0.15, 0.2) is 0 Å². The van der Waals surface area contributed by atoms with Crippen LogP contribution in [0.5, 0.6) is 0 Å². The lowest BCUT2D eigenvalue weighted by atomic mass is 10.0. The fourth-order valence-electron chi connectivity index (χ4n) is 1.44. The van der Waals surface area contributed by atoms with Gasteiger partial charge in [0.05, 0.1) is 12.6 Å². The van der Waals surface area contributed by atoms with Gasteiger partial charge in [0.2, 0.25) is 5.91 Å². The third kappa shape index (κ3) is 2.69. The van der Waals surface area contributed by atoms with E-state index in [1.807, 2.05) is 13.8 Å². The number of rotatable bonds is 5. The Labute approximate surface area is 85.1 Å². The van der Waals surface area contributed by atoms with Crippen LogP contribution >= 0.6 is 0 Å². The molecule has 4 nitrogen and oxygen atoms in total. The molecule has 1 saturated carbocycles. The summed E-state index contributed by atoms with van der Waals surface area (Å²) in [6, 6.07) is -0.0957. The van der Waals surface area contributed by atoms with Gasteiger partial charge in [-0.2, -0.15) is 0 Å². The Kier molecular flexibility index (Phi) is 3.89. The van der Waals surface area contributed by atoms with E-state index in [4.69, 9.17) is 10.8 Å². The van der Waals surface area contributed by atoms with Crippen LogP contribution in [0.2, 0.25) is 0 Å². The molecular formula is C10H20N2O2. The Morgan fingerprint density at radius 1 is 1.57 bits per heavy atom. The summed E-state index contributed by atoms with van der Waals surface area (Å²) in [5.74, 6) is 0.138. The van der Waals surface area contributed by atoms with E-state index in [-0.39, 0.29) is 18.4 Å². The molecule has 1 fully saturated rings. The summed E-state index contributed by atoms with van der Waals surface area (Å²) in [5, 5.41) is 8.85. The number of amides is 1. The van der Waals surface area contributed by atoms with Crippen molar-refractivity contribution in [1.29, 1.82) is 0 Å². The van der Waals surface area contributed by atoms with Crippen molar-refractivity contribution in [2.24, 2.45) is 11.7 Å². The number of aliphatic hydroxyl groups excluding tert-OH is 1. The fourth-order valence-corrected chi connectivity index (χ4v) is 1.44. The van der Waals surface area contributed by atoms with E-state index in [0.717, 1.165) is 12.8 Å². The minimum atomic E-state index is -0.429. The molecule has 1 atom stereocenters. The van der Waals surface area contributed by atoms with Crippen LogP contribution < -0.4 is 5.73 Å². The highest BCUT2D eigenvalue weighted by atomic mass is 16.3. The normalized spacial score (nSPS) is 18.4. The molecule has 1 rings (SSSR count). The molecule has 1 aliphatic carbocycles. The standard InChI is InChI=1S/C10H20N2O2/c1-7(2)9(11)10(14)12(5-6-13)8-3-4-8/h7-9,13H,3-6,11H2,1-2H3. The molecule has 0 aromatic rings. The molecule has 0 bridgehead atoms. The minimum Gasteiger partial charge on any atom is -0.395 e. The monoisotopic (exact) mass is 200 g/mol. The van der Waals surface area contributed by atoms with E-state index in [2.05, 4.69) is 0 Å². The predicted octanol–water partition coefficient (Wildman–Crippen LogP) is -0.0470. The zero-order chi connectivity index (χ0) is 10.7. The Hall–Kier alpha value is -0.610. The molecule has 0 heterocycles. The molecule has 0 aromatic heterocycles. The highest BCUT2D eigenvalue weighted by Crippen LogP contribution is 2.27. The molecule has 14 heavy (non-hydrogen) atoms. The van der Waals surface area contributed by atoms with Crippen LogP contribution in [0.25, 0.3) is 0 Å². The van der Waals surface area contributed by atoms with Gasteiger partial charge in [-0.3, -0.25) is 4.79 Å². The Bertz CT molecular complexity index is 202. The van der Waals surface area contributed by atoms with E-state index < -0.39 is 6.04 Å². The second-order valence-electron chi connectivity index (χ2n) is 4.26. The summed E-state index contributed by atoms with van der Waals surface area (Å²) in [6.45, 7) is 4.32. The largest absolute Gasteiger partial charge is 0.395 e. The number of aliphatic hydroxyl groups is 1. The van der Waals surface area contributed by atoms with E-state index >= 15 is 0 Å². The van der Waals surface area contributed by atoms with Gasteiger partial charge in [0.1, 0.15) is 0 Å². The Morgan fingerprint density at radius 2 is 2.14 bits per heavy atom. The van der Waals surface area contributed by atoms with Crippen molar-refractivity contribution in [2.75, 3.05) is 13.2 Å². The summed E-state index contributed by atoms with van der Waals surface area (Å²) < 4.78 is 0. The van der Waals surface area contributed by atoms with Crippen molar-refractivity contribution in [2.45, 2.75) is 38.8 Å². The first-order valence-corrected chi connectivity index (χ1v) is 5.24. The van der Waals surface area contributed by atoms with Gasteiger partial charge in [-0.05, 0) is 18.8 Å². The molecule has 0 saturated heterocycles. The molecule has 0 radical (unpaired) electrons. The van der Waals surface area contributed by atoms with Gasteiger partial charge in [-0.25, -0.2) is 0 Å². The van der Waals surface area contributed by atoms with Crippen molar-refractivity contribution in [3.05, 3.63) is 0 Å². The predicted molar refractivity (Wildman–Crippen MR) is 54.6 cm³/mol. The highest BCUT2D eigenvalue weighted by molar-refractivity contribution is 5.82. The first-order valence-electron chi connectivity index (χ1n) is 5.24. The first kappa shape index (κ1) is 11.5. The molecule has 0 aliphatic heterocycles. The van der Waals surface area contributed by atoms with Crippen LogP contribution in [0.15, 0.2) is 0 Å². The van der Waals surface area contributed by atoms with Crippen LogP contribution in [0, 0.1) is 5.92 Å². The smallest absolute Gasteiger partial charge is 0.240 e. The van der Waals surface area contributed by atoms with Crippen molar-refractivity contribution in [1.82, 2.24) is 4.90 Å². The number of carbonyl (C=O) groups excluding carboxylic acids is 1. The molecule has 3 N–H and O–H groups in total. The van der Waals surface area contributed by atoms with Gasteiger partial charge < -0.3 is 15.7 Å². The second-order valence-corrected chi connectivity index (χ2v) is 4.26. The topological polar surface area (TPSA) is 66.6 Å². The third-order valence-electron chi connectivity index (χ3n) is 2.62. The average Bonchev–Trinajstić information content (AvgIpc) is 2.95. The van der Waals surface area contributed by atoms with Crippen LogP contribution in [0.1, 0.15) is 26.7 Å². The Balaban J connectivity index is 2.53. The number of nitrogens with zero attached hydrogens (tertiary/aromatic N) is 1. The zero-order valence-corrected chi connectivity index (χ0v) is 8.94. The molecule has 1 unspecified atom stereocenters. The summed E-state index contributed by atoms with van der Waals surface area (Å²) in [6.07, 6.45) is 2.10. The summed E-state index contributed by atoms with van der Waals surface area (Å²) in [7, 11) is 0. The first-order chi connectivity index (χ1) is 6.57. The van der Waals surface area contributed by atoms with Crippen LogP contribution in [-0.2, 0) is 4.79 Å². The average molecular weight is 200 g/mol. The van der Waals surface area contributed by atoms with Crippen molar-refractivity contribution >= 4 is 5.91 Å². The van der Waals surface area contributed by atoms with Crippen molar-refractivity contribution in [3.8, 4) is 0 Å². The van der Waals surface area contributed by atoms with Crippen molar-refractivity contribution in [3.63, 3.8) is 0 Å². The molecule has 4 heteroatoms. The van der Waals surface area contributed by atoms with Gasteiger partial charge in [0, 0.05) is 12.6 Å². The second kappa shape index (κ2) is 4.75. The maximum Gasteiger partial charge on any atom is 0.240 e. The maximum absolute atomic E-state index is 11.8. The number of hydrogen-bond acceptors (Lipinski definition) is 3. The molecule has 1 amide bonds. The van der Waals surface area contributed by atoms with Gasteiger partial charge in [0.25, 0.3) is 0 Å². The zero-order valence-electron chi connectivity index (χ0n) is 8.94. The van der Waals surface area contributed by atoms with E-state index in [0.29, 0.717) is 12.6 Å². The van der Waals surface area contributed by atoms with Gasteiger partial charge in [-0.15, -0.1) is 0 Å². The van der Waals surface area contributed by atoms with Crippen LogP contribution in [0.3, 0.4) is 0 Å². The van der Waals surface area contributed by atoms with Crippen LogP contribution in [0.4, 0.5) is 0 Å². The van der Waals surface area contributed by atoms with Crippen LogP contribution in [-0.4, -0.2) is 41.1 Å². The highest BCUT2D eigenvalue weighted by Gasteiger charge is 2.34. The SMILES string of the molecule is CC(C)C(N)C(=O)N(CCO)C1CC1. The number of hydrogen-bond donors (Lipinski definition) is 2. The molecule has 0 aromatic carbocycles. The van der Waals surface area contributed by atoms with E-state index in [1.165, 1.54) is 0 Å². The van der Waals surface area contributed by atoms with Gasteiger partial charge >= 0.3 is 0 Å². The third-order valence-corrected chi connectivity index (χ3v) is 2.62. The molecule has 0 spiro atoms. The molecule has 1 aliphatic rings. The molecular weight excluding hydrogens is 180 g/mol. The lowest BCUT2D eigenvalue weighted by Gasteiger charge is -2.26. The minimum absolute atomic E-state index is 0.0171. The summed E-state index contributed by atoms with van der Waals surface area (Å²) >= 11 is 0. The number of carbonyl (C=O) groups is 1. The summed E-state index contributed by atoms with van der Waals surface area (Å²) in [5.41, 5.74) is 5.78. The van der Waals surface area contributed by atoms with Crippen molar-refractivity contribution < 1.29 is 9.90 Å². The lowest BCUT2D eigenvalue weighted by Crippen LogP contribution is -2.48. The Morgan fingerprint density at radius 3 is 2.50 bits per heavy atom. The summed E-state index contributed by atoms with van der Waals surface area (Å²) in [4.78, 5) is 13.6.